The molecule has 1 aliphatic heterocycles. The van der Waals surface area contributed by atoms with Crippen LogP contribution in [0.1, 0.15) is 32.6 Å². The minimum atomic E-state index is -0.805. The Hall–Kier alpha value is -1.10. The van der Waals surface area contributed by atoms with Gasteiger partial charge in [-0.3, -0.25) is 9.59 Å². The minimum Gasteiger partial charge on any atom is -0.481 e. The Morgan fingerprint density at radius 1 is 1.14 bits per heavy atom. The fourth-order valence-corrected chi connectivity index (χ4v) is 3.92. The Morgan fingerprint density at radius 2 is 1.71 bits per heavy atom. The zero-order valence-electron chi connectivity index (χ0n) is 13.4. The van der Waals surface area contributed by atoms with Crippen molar-refractivity contribution >= 4 is 11.9 Å². The van der Waals surface area contributed by atoms with Crippen LogP contribution in [-0.2, 0) is 9.59 Å². The smallest absolute Gasteiger partial charge is 0.307 e. The Balaban J connectivity index is 1.91. The van der Waals surface area contributed by atoms with E-state index in [9.17, 15) is 14.7 Å². The van der Waals surface area contributed by atoms with E-state index in [4.69, 9.17) is 0 Å². The highest BCUT2D eigenvalue weighted by Gasteiger charge is 2.43. The molecule has 3 atom stereocenters. The van der Waals surface area contributed by atoms with Gasteiger partial charge in [0.1, 0.15) is 0 Å². The number of carbonyl (C=O) groups excluding carboxylic acids is 1. The number of nitrogens with zero attached hydrogens (tertiary/aromatic N) is 2. The van der Waals surface area contributed by atoms with Crippen LogP contribution < -0.4 is 0 Å². The van der Waals surface area contributed by atoms with Crippen molar-refractivity contribution in [2.75, 3.05) is 33.7 Å². The van der Waals surface area contributed by atoms with Crippen LogP contribution in [-0.4, -0.2) is 60.5 Å². The van der Waals surface area contributed by atoms with Crippen LogP contribution in [0, 0.1) is 23.7 Å². The molecule has 0 aromatic heterocycles. The number of hydrogen-bond acceptors (Lipinski definition) is 3. The topological polar surface area (TPSA) is 60.9 Å². The third-order valence-corrected chi connectivity index (χ3v) is 4.98. The van der Waals surface area contributed by atoms with Crippen molar-refractivity contribution in [1.29, 1.82) is 0 Å². The number of piperidine rings is 1. The first kappa shape index (κ1) is 16.3. The summed E-state index contributed by atoms with van der Waals surface area (Å²) in [5, 5.41) is 9.31. The molecule has 5 nitrogen and oxygen atoms in total. The maximum Gasteiger partial charge on any atom is 0.307 e. The minimum absolute atomic E-state index is 0.0788. The van der Waals surface area contributed by atoms with Gasteiger partial charge < -0.3 is 14.9 Å². The fraction of sp³-hybridized carbons (Fsp3) is 0.875. The van der Waals surface area contributed by atoms with Gasteiger partial charge in [-0.15, -0.1) is 0 Å². The number of likely N-dealkylation sites (tertiary alicyclic amines) is 1. The summed E-state index contributed by atoms with van der Waals surface area (Å²) >= 11 is 0. The first-order valence-corrected chi connectivity index (χ1v) is 8.04. The van der Waals surface area contributed by atoms with Gasteiger partial charge in [0.2, 0.25) is 5.91 Å². The number of carboxylic acid groups (broad SMARTS) is 1. The molecule has 1 N–H and O–H groups in total. The van der Waals surface area contributed by atoms with Gasteiger partial charge in [-0.1, -0.05) is 6.92 Å². The van der Waals surface area contributed by atoms with E-state index < -0.39 is 11.9 Å². The first-order chi connectivity index (χ1) is 9.88. The lowest BCUT2D eigenvalue weighted by Gasteiger charge is -2.35. The molecular weight excluding hydrogens is 268 g/mol. The van der Waals surface area contributed by atoms with E-state index in [2.05, 4.69) is 19.0 Å². The van der Waals surface area contributed by atoms with E-state index in [-0.39, 0.29) is 11.8 Å². The molecule has 2 fully saturated rings. The summed E-state index contributed by atoms with van der Waals surface area (Å²) in [7, 11) is 4.16. The van der Waals surface area contributed by atoms with E-state index in [0.717, 1.165) is 38.9 Å². The van der Waals surface area contributed by atoms with Gasteiger partial charge in [0.25, 0.3) is 0 Å². The molecule has 1 saturated heterocycles. The summed E-state index contributed by atoms with van der Waals surface area (Å²) in [5.41, 5.74) is 0. The molecule has 1 heterocycles. The maximum absolute atomic E-state index is 12.6. The number of rotatable bonds is 4. The molecule has 2 rings (SSSR count). The predicted molar refractivity (Wildman–Crippen MR) is 80.9 cm³/mol. The van der Waals surface area contributed by atoms with Crippen LogP contribution in [0.2, 0.25) is 0 Å². The van der Waals surface area contributed by atoms with Crippen molar-refractivity contribution in [3.8, 4) is 0 Å². The van der Waals surface area contributed by atoms with Gasteiger partial charge in [-0.25, -0.2) is 0 Å². The van der Waals surface area contributed by atoms with E-state index >= 15 is 0 Å². The molecule has 0 aromatic carbocycles. The Bertz CT molecular complexity index is 389. The number of amides is 1. The highest BCUT2D eigenvalue weighted by molar-refractivity contribution is 5.85. The first-order valence-electron chi connectivity index (χ1n) is 8.04. The second kappa shape index (κ2) is 6.77. The molecule has 1 aliphatic carbocycles. The largest absolute Gasteiger partial charge is 0.481 e. The van der Waals surface area contributed by atoms with E-state index in [0.29, 0.717) is 18.3 Å². The summed E-state index contributed by atoms with van der Waals surface area (Å²) in [6.07, 6.45) is 3.43. The molecule has 0 radical (unpaired) electrons. The molecule has 120 valence electrons. The Kier molecular flexibility index (Phi) is 5.25. The molecule has 1 saturated carbocycles. The standard InChI is InChI=1S/C16H28N2O3/c1-11-8-13(14(9-11)16(20)21)15(19)18-6-4-12(5-7-18)10-17(2)3/h11-14H,4-10H2,1-3H3,(H,20,21)/t11?,13-,14+/m0/s1. The molecule has 1 unspecified atom stereocenters. The zero-order valence-corrected chi connectivity index (χ0v) is 13.4. The summed E-state index contributed by atoms with van der Waals surface area (Å²) in [6, 6.07) is 0. The van der Waals surface area contributed by atoms with Crippen molar-refractivity contribution in [3.05, 3.63) is 0 Å². The molecule has 0 spiro atoms. The van der Waals surface area contributed by atoms with E-state index in [1.807, 2.05) is 11.8 Å². The van der Waals surface area contributed by atoms with Gasteiger partial charge in [-0.2, -0.15) is 0 Å². The average Bonchev–Trinajstić information content (AvgIpc) is 2.80. The van der Waals surface area contributed by atoms with Gasteiger partial charge in [0.05, 0.1) is 11.8 Å². The molecule has 21 heavy (non-hydrogen) atoms. The van der Waals surface area contributed by atoms with Gasteiger partial charge in [-0.05, 0) is 51.6 Å². The summed E-state index contributed by atoms with van der Waals surface area (Å²) in [5.74, 6) is -0.515. The second-order valence-electron chi connectivity index (χ2n) is 7.16. The van der Waals surface area contributed by atoms with Crippen LogP contribution in [0.25, 0.3) is 0 Å². The highest BCUT2D eigenvalue weighted by Crippen LogP contribution is 2.38. The van der Waals surface area contributed by atoms with Crippen molar-refractivity contribution in [2.45, 2.75) is 32.6 Å². The lowest BCUT2D eigenvalue weighted by molar-refractivity contribution is -0.149. The molecule has 0 bridgehead atoms. The maximum atomic E-state index is 12.6. The number of carboxylic acids is 1. The average molecular weight is 296 g/mol. The number of aliphatic carboxylic acids is 1. The monoisotopic (exact) mass is 296 g/mol. The highest BCUT2D eigenvalue weighted by atomic mass is 16.4. The fourth-order valence-electron chi connectivity index (χ4n) is 3.92. The summed E-state index contributed by atoms with van der Waals surface area (Å²) in [6.45, 7) is 4.69. The van der Waals surface area contributed by atoms with Crippen molar-refractivity contribution in [1.82, 2.24) is 9.80 Å². The normalized spacial score (nSPS) is 30.9. The van der Waals surface area contributed by atoms with Crippen molar-refractivity contribution in [2.24, 2.45) is 23.7 Å². The third kappa shape index (κ3) is 3.96. The third-order valence-electron chi connectivity index (χ3n) is 4.98. The van der Waals surface area contributed by atoms with E-state index in [1.165, 1.54) is 0 Å². The van der Waals surface area contributed by atoms with Gasteiger partial charge in [0.15, 0.2) is 0 Å². The van der Waals surface area contributed by atoms with Crippen LogP contribution in [0.15, 0.2) is 0 Å². The summed E-state index contributed by atoms with van der Waals surface area (Å²) in [4.78, 5) is 28.1. The molecule has 0 aromatic rings. The quantitative estimate of drug-likeness (QED) is 0.855. The predicted octanol–water partition coefficient (Wildman–Crippen LogP) is 1.53. The molecular formula is C16H28N2O3. The van der Waals surface area contributed by atoms with E-state index in [1.54, 1.807) is 0 Å². The van der Waals surface area contributed by atoms with Crippen LogP contribution in [0.5, 0.6) is 0 Å². The van der Waals surface area contributed by atoms with Crippen molar-refractivity contribution in [3.63, 3.8) is 0 Å². The number of carbonyl (C=O) groups is 2. The van der Waals surface area contributed by atoms with Crippen LogP contribution >= 0.6 is 0 Å². The van der Waals surface area contributed by atoms with Crippen LogP contribution in [0.3, 0.4) is 0 Å². The van der Waals surface area contributed by atoms with Gasteiger partial charge >= 0.3 is 5.97 Å². The summed E-state index contributed by atoms with van der Waals surface area (Å²) < 4.78 is 0. The molecule has 2 aliphatic rings. The molecule has 5 heteroatoms. The lowest BCUT2D eigenvalue weighted by Crippen LogP contribution is -2.44. The second-order valence-corrected chi connectivity index (χ2v) is 7.16. The van der Waals surface area contributed by atoms with Crippen molar-refractivity contribution < 1.29 is 14.7 Å². The zero-order chi connectivity index (χ0) is 15.6. The Morgan fingerprint density at radius 3 is 2.24 bits per heavy atom. The Labute approximate surface area is 127 Å². The van der Waals surface area contributed by atoms with Crippen LogP contribution in [0.4, 0.5) is 0 Å². The lowest BCUT2D eigenvalue weighted by atomic mass is 9.91. The van der Waals surface area contributed by atoms with Gasteiger partial charge in [0, 0.05) is 19.6 Å². The SMILES string of the molecule is CC1C[C@H](C(=O)N2CCC(CN(C)C)CC2)[C@H](C(=O)O)C1. The number of hydrogen-bond donors (Lipinski definition) is 1. The molecule has 1 amide bonds.